The molecule has 34 heavy (non-hydrogen) atoms. The van der Waals surface area contributed by atoms with E-state index in [2.05, 4.69) is 25.1 Å². The number of fused-ring (bicyclic) bond motifs is 1. The van der Waals surface area contributed by atoms with Crippen LogP contribution in [-0.4, -0.2) is 15.1 Å². The molecule has 0 fully saturated rings. The van der Waals surface area contributed by atoms with Gasteiger partial charge in [-0.25, -0.2) is 0 Å². The highest BCUT2D eigenvalue weighted by molar-refractivity contribution is 5.95. The van der Waals surface area contributed by atoms with Crippen molar-refractivity contribution in [2.24, 2.45) is 10.2 Å². The van der Waals surface area contributed by atoms with Crippen LogP contribution in [0, 0.1) is 0 Å². The first-order valence-electron chi connectivity index (χ1n) is 11.0. The third-order valence-corrected chi connectivity index (χ3v) is 5.52. The molecule has 0 amide bonds. The molecular weight excluding hydrogens is 422 g/mol. The maximum absolute atomic E-state index is 10.3. The molecular formula is C28H23N5O. The molecule has 0 atom stereocenters. The summed E-state index contributed by atoms with van der Waals surface area (Å²) in [6.45, 7) is 1.31. The minimum absolute atomic E-state index is 0.107. The summed E-state index contributed by atoms with van der Waals surface area (Å²) >= 11 is 0. The van der Waals surface area contributed by atoms with E-state index in [1.807, 2.05) is 91.0 Å². The summed E-state index contributed by atoms with van der Waals surface area (Å²) in [5, 5.41) is 20.9. The third kappa shape index (κ3) is 4.91. The van der Waals surface area contributed by atoms with E-state index in [-0.39, 0.29) is 5.75 Å². The molecule has 1 N–H and O–H groups in total. The lowest BCUT2D eigenvalue weighted by molar-refractivity contribution is 0.477. The average molecular weight is 446 g/mol. The van der Waals surface area contributed by atoms with Gasteiger partial charge in [0.1, 0.15) is 11.4 Å². The van der Waals surface area contributed by atoms with Crippen molar-refractivity contribution in [1.82, 2.24) is 9.97 Å². The summed E-state index contributed by atoms with van der Waals surface area (Å²) < 4.78 is 0. The molecule has 6 nitrogen and oxygen atoms in total. The zero-order valence-electron chi connectivity index (χ0n) is 18.5. The van der Waals surface area contributed by atoms with Crippen LogP contribution < -0.4 is 4.90 Å². The fourth-order valence-corrected chi connectivity index (χ4v) is 3.80. The average Bonchev–Trinajstić information content (AvgIpc) is 2.89. The molecule has 2 heterocycles. The number of phenolic OH excluding ortho intramolecular Hbond substituents is 1. The summed E-state index contributed by atoms with van der Waals surface area (Å²) in [6.07, 6.45) is 3.61. The number of anilines is 1. The van der Waals surface area contributed by atoms with Gasteiger partial charge >= 0.3 is 0 Å². The first-order chi connectivity index (χ1) is 16.8. The van der Waals surface area contributed by atoms with Gasteiger partial charge in [0.05, 0.1) is 30.2 Å². The minimum Gasteiger partial charge on any atom is -0.506 e. The van der Waals surface area contributed by atoms with Crippen molar-refractivity contribution in [2.45, 2.75) is 13.1 Å². The van der Waals surface area contributed by atoms with Crippen molar-refractivity contribution < 1.29 is 5.11 Å². The van der Waals surface area contributed by atoms with Crippen molar-refractivity contribution in [3.63, 3.8) is 0 Å². The van der Waals surface area contributed by atoms with Gasteiger partial charge in [0, 0.05) is 23.5 Å². The lowest BCUT2D eigenvalue weighted by atomic mass is 10.1. The minimum atomic E-state index is 0.107. The summed E-state index contributed by atoms with van der Waals surface area (Å²) in [6, 6.07) is 31.1. The highest BCUT2D eigenvalue weighted by Gasteiger charge is 2.11. The van der Waals surface area contributed by atoms with Crippen LogP contribution in [0.2, 0.25) is 0 Å². The van der Waals surface area contributed by atoms with Crippen LogP contribution in [0.15, 0.2) is 120 Å². The number of benzene rings is 3. The monoisotopic (exact) mass is 445 g/mol. The predicted octanol–water partition coefficient (Wildman–Crippen LogP) is 6.96. The number of phenols is 1. The Morgan fingerprint density at radius 1 is 0.647 bits per heavy atom. The fraction of sp³-hybridized carbons (Fsp3) is 0.0714. The highest BCUT2D eigenvalue weighted by atomic mass is 16.3. The Labute approximate surface area is 197 Å². The number of azo groups is 1. The second kappa shape index (κ2) is 9.92. The van der Waals surface area contributed by atoms with Gasteiger partial charge in [0.15, 0.2) is 0 Å². The first kappa shape index (κ1) is 21.3. The zero-order valence-corrected chi connectivity index (χ0v) is 18.5. The van der Waals surface area contributed by atoms with E-state index < -0.39 is 0 Å². The number of aromatic nitrogens is 2. The summed E-state index contributed by atoms with van der Waals surface area (Å²) in [4.78, 5) is 11.2. The van der Waals surface area contributed by atoms with Crippen molar-refractivity contribution >= 4 is 27.8 Å². The molecule has 0 aliphatic carbocycles. The number of hydrogen-bond acceptors (Lipinski definition) is 6. The van der Waals surface area contributed by atoms with Crippen LogP contribution in [-0.2, 0) is 13.1 Å². The lowest BCUT2D eigenvalue weighted by Crippen LogP contribution is -2.23. The van der Waals surface area contributed by atoms with Gasteiger partial charge in [0.25, 0.3) is 0 Å². The molecule has 3 aromatic carbocycles. The Morgan fingerprint density at radius 3 is 1.94 bits per heavy atom. The van der Waals surface area contributed by atoms with E-state index in [0.717, 1.165) is 27.8 Å². The second-order valence-corrected chi connectivity index (χ2v) is 7.87. The fourth-order valence-electron chi connectivity index (χ4n) is 3.80. The van der Waals surface area contributed by atoms with Crippen molar-refractivity contribution in [2.75, 3.05) is 4.90 Å². The van der Waals surface area contributed by atoms with E-state index >= 15 is 0 Å². The van der Waals surface area contributed by atoms with Crippen molar-refractivity contribution in [3.05, 3.63) is 121 Å². The number of pyridine rings is 2. The van der Waals surface area contributed by atoms with Crippen LogP contribution in [0.5, 0.6) is 5.75 Å². The molecule has 0 bridgehead atoms. The molecule has 0 aliphatic rings. The number of rotatable bonds is 7. The molecule has 166 valence electrons. The van der Waals surface area contributed by atoms with E-state index in [1.54, 1.807) is 18.5 Å². The quantitative estimate of drug-likeness (QED) is 0.275. The Morgan fingerprint density at radius 2 is 1.29 bits per heavy atom. The van der Waals surface area contributed by atoms with Gasteiger partial charge in [-0.2, -0.15) is 5.11 Å². The topological polar surface area (TPSA) is 74.0 Å². The van der Waals surface area contributed by atoms with Gasteiger partial charge in [-0.1, -0.05) is 42.5 Å². The molecule has 6 heteroatoms. The summed E-state index contributed by atoms with van der Waals surface area (Å²) in [5.74, 6) is 0.107. The number of aromatic hydroxyl groups is 1. The SMILES string of the molecule is Oc1ccc2ccccc2c1N=Nc1ccc(N(Cc2ccccn2)Cc2ccccn2)cc1. The Bertz CT molecular complexity index is 1360. The molecule has 5 rings (SSSR count). The Balaban J connectivity index is 1.40. The van der Waals surface area contributed by atoms with Crippen LogP contribution in [0.25, 0.3) is 10.8 Å². The summed E-state index contributed by atoms with van der Waals surface area (Å²) in [7, 11) is 0. The number of nitrogens with zero attached hydrogens (tertiary/aromatic N) is 5. The second-order valence-electron chi connectivity index (χ2n) is 7.87. The Kier molecular flexibility index (Phi) is 6.21. The van der Waals surface area contributed by atoms with E-state index in [0.29, 0.717) is 24.5 Å². The van der Waals surface area contributed by atoms with Crippen LogP contribution in [0.3, 0.4) is 0 Å². The first-order valence-corrected chi connectivity index (χ1v) is 11.0. The van der Waals surface area contributed by atoms with Gasteiger partial charge in [-0.15, -0.1) is 5.11 Å². The highest BCUT2D eigenvalue weighted by Crippen LogP contribution is 2.36. The van der Waals surface area contributed by atoms with Crippen LogP contribution in [0.1, 0.15) is 11.4 Å². The maximum atomic E-state index is 10.3. The summed E-state index contributed by atoms with van der Waals surface area (Å²) in [5.41, 5.74) is 4.16. The Hall–Kier alpha value is -4.58. The molecule has 0 saturated carbocycles. The van der Waals surface area contributed by atoms with Crippen LogP contribution in [0.4, 0.5) is 17.1 Å². The standard InChI is InChI=1S/C28H23N5O/c34-27-16-11-21-7-1-2-10-26(21)28(27)32-31-22-12-14-25(15-13-22)33(19-23-8-3-5-17-29-23)20-24-9-4-6-18-30-24/h1-18,34H,19-20H2. The van der Waals surface area contributed by atoms with E-state index in [1.165, 1.54) is 0 Å². The molecule has 2 aromatic heterocycles. The molecule has 5 aromatic rings. The number of hydrogen-bond donors (Lipinski definition) is 1. The van der Waals surface area contributed by atoms with Gasteiger partial charge in [-0.05, 0) is 60.0 Å². The van der Waals surface area contributed by atoms with Gasteiger partial charge < -0.3 is 10.0 Å². The predicted molar refractivity (Wildman–Crippen MR) is 135 cm³/mol. The van der Waals surface area contributed by atoms with Gasteiger partial charge in [0.2, 0.25) is 0 Å². The third-order valence-electron chi connectivity index (χ3n) is 5.52. The van der Waals surface area contributed by atoms with Crippen LogP contribution >= 0.6 is 0 Å². The normalized spacial score (nSPS) is 11.2. The molecule has 0 unspecified atom stereocenters. The smallest absolute Gasteiger partial charge is 0.143 e. The molecule has 0 aliphatic heterocycles. The van der Waals surface area contributed by atoms with Crippen molar-refractivity contribution in [1.29, 1.82) is 0 Å². The molecule has 0 saturated heterocycles. The largest absolute Gasteiger partial charge is 0.506 e. The van der Waals surface area contributed by atoms with E-state index in [9.17, 15) is 5.11 Å². The maximum Gasteiger partial charge on any atom is 0.143 e. The zero-order chi connectivity index (χ0) is 23.2. The lowest BCUT2D eigenvalue weighted by Gasteiger charge is -2.24. The van der Waals surface area contributed by atoms with E-state index in [4.69, 9.17) is 0 Å². The van der Waals surface area contributed by atoms with Gasteiger partial charge in [-0.3, -0.25) is 9.97 Å². The van der Waals surface area contributed by atoms with Crippen molar-refractivity contribution in [3.8, 4) is 5.75 Å². The molecule has 0 radical (unpaired) electrons. The molecule has 0 spiro atoms.